The minimum atomic E-state index is -0.760. The summed E-state index contributed by atoms with van der Waals surface area (Å²) in [6, 6.07) is 0. The van der Waals surface area contributed by atoms with Crippen molar-refractivity contribution >= 4 is 17.9 Å². The smallest absolute Gasteiger partial charge is 0.306 e. The van der Waals surface area contributed by atoms with E-state index in [0.29, 0.717) is 19.3 Å². The van der Waals surface area contributed by atoms with Gasteiger partial charge in [0.1, 0.15) is 13.2 Å². The Kier molecular flexibility index (Phi) is 46.2. The van der Waals surface area contributed by atoms with Gasteiger partial charge in [0.25, 0.3) is 0 Å². The van der Waals surface area contributed by atoms with Crippen LogP contribution in [0.2, 0.25) is 0 Å². The average molecular weight is 835 g/mol. The summed E-state index contributed by atoms with van der Waals surface area (Å²) >= 11 is 0. The molecule has 0 rings (SSSR count). The molecule has 0 N–H and O–H groups in total. The van der Waals surface area contributed by atoms with Crippen molar-refractivity contribution in [1.29, 1.82) is 0 Å². The Balaban J connectivity index is 4.25. The van der Waals surface area contributed by atoms with E-state index >= 15 is 0 Å². The fraction of sp³-hybridized carbons (Fsp3) is 0.943. The number of hydrogen-bond acceptors (Lipinski definition) is 6. The Morgan fingerprint density at radius 3 is 0.831 bits per heavy atom. The molecular formula is C53H102O6. The standard InChI is InChI=1S/C53H102O6/c1-5-7-9-11-13-15-17-18-19-20-21-22-25-29-32-36-40-44-51(54)57-47-50(59-53(56)46-42-38-34-28-16-14-12-10-8-6-2)48-58-52(55)45-41-37-33-30-26-23-24-27-31-35-39-43-49(3)4/h49-50H,5-48H2,1-4H3/t50-/m1/s1. The molecule has 0 radical (unpaired) electrons. The molecule has 0 heterocycles. The molecule has 0 saturated heterocycles. The summed E-state index contributed by atoms with van der Waals surface area (Å²) in [6.07, 6.45) is 49.5. The van der Waals surface area contributed by atoms with Crippen LogP contribution in [0.5, 0.6) is 0 Å². The van der Waals surface area contributed by atoms with E-state index in [2.05, 4.69) is 27.7 Å². The van der Waals surface area contributed by atoms with Crippen LogP contribution in [-0.4, -0.2) is 37.2 Å². The van der Waals surface area contributed by atoms with Gasteiger partial charge in [0.05, 0.1) is 0 Å². The fourth-order valence-corrected chi connectivity index (χ4v) is 8.04. The van der Waals surface area contributed by atoms with Crippen molar-refractivity contribution in [2.45, 2.75) is 303 Å². The van der Waals surface area contributed by atoms with Crippen molar-refractivity contribution in [1.82, 2.24) is 0 Å². The molecule has 0 aromatic heterocycles. The highest BCUT2D eigenvalue weighted by Crippen LogP contribution is 2.17. The van der Waals surface area contributed by atoms with Crippen LogP contribution in [0.1, 0.15) is 297 Å². The van der Waals surface area contributed by atoms with Gasteiger partial charge in [0.15, 0.2) is 6.10 Å². The van der Waals surface area contributed by atoms with Crippen molar-refractivity contribution in [3.05, 3.63) is 0 Å². The third kappa shape index (κ3) is 47.3. The second kappa shape index (κ2) is 47.5. The van der Waals surface area contributed by atoms with Gasteiger partial charge < -0.3 is 14.2 Å². The highest BCUT2D eigenvalue weighted by atomic mass is 16.6. The van der Waals surface area contributed by atoms with Gasteiger partial charge in [-0.15, -0.1) is 0 Å². The molecule has 59 heavy (non-hydrogen) atoms. The summed E-state index contributed by atoms with van der Waals surface area (Å²) in [4.78, 5) is 37.9. The lowest BCUT2D eigenvalue weighted by molar-refractivity contribution is -0.167. The van der Waals surface area contributed by atoms with E-state index in [1.54, 1.807) is 0 Å². The second-order valence-electron chi connectivity index (χ2n) is 18.6. The van der Waals surface area contributed by atoms with E-state index in [0.717, 1.165) is 63.7 Å². The van der Waals surface area contributed by atoms with Gasteiger partial charge in [-0.1, -0.05) is 259 Å². The molecule has 6 nitrogen and oxygen atoms in total. The number of hydrogen-bond donors (Lipinski definition) is 0. The maximum Gasteiger partial charge on any atom is 0.306 e. The topological polar surface area (TPSA) is 78.9 Å². The molecule has 0 aliphatic rings. The Labute approximate surface area is 368 Å². The van der Waals surface area contributed by atoms with E-state index in [1.807, 2.05) is 0 Å². The van der Waals surface area contributed by atoms with Crippen LogP contribution in [-0.2, 0) is 28.6 Å². The number of carbonyl (C=O) groups is 3. The van der Waals surface area contributed by atoms with Gasteiger partial charge in [0, 0.05) is 19.3 Å². The normalized spacial score (nSPS) is 11.9. The Morgan fingerprint density at radius 1 is 0.322 bits per heavy atom. The van der Waals surface area contributed by atoms with Gasteiger partial charge >= 0.3 is 17.9 Å². The predicted molar refractivity (Wildman–Crippen MR) is 252 cm³/mol. The SMILES string of the molecule is CCCCCCCCCCCCCCCCCCCC(=O)OC[C@H](COC(=O)CCCCCCCCCCCCCC(C)C)OC(=O)CCCCCCCCCCCC. The molecule has 0 aliphatic carbocycles. The lowest BCUT2D eigenvalue weighted by Gasteiger charge is -2.18. The Hall–Kier alpha value is -1.59. The second-order valence-corrected chi connectivity index (χ2v) is 18.6. The molecule has 0 aromatic rings. The number of esters is 3. The minimum absolute atomic E-state index is 0.0627. The zero-order chi connectivity index (χ0) is 43.1. The average Bonchev–Trinajstić information content (AvgIpc) is 3.22. The highest BCUT2D eigenvalue weighted by Gasteiger charge is 2.19. The van der Waals surface area contributed by atoms with E-state index in [1.165, 1.54) is 193 Å². The van der Waals surface area contributed by atoms with E-state index in [4.69, 9.17) is 14.2 Å². The van der Waals surface area contributed by atoms with Crippen molar-refractivity contribution in [2.24, 2.45) is 5.92 Å². The van der Waals surface area contributed by atoms with Crippen LogP contribution in [0.3, 0.4) is 0 Å². The summed E-state index contributed by atoms with van der Waals surface area (Å²) < 4.78 is 16.8. The summed E-state index contributed by atoms with van der Waals surface area (Å²) in [5.41, 5.74) is 0. The number of rotatable bonds is 48. The van der Waals surface area contributed by atoms with Gasteiger partial charge in [-0.3, -0.25) is 14.4 Å². The predicted octanol–water partition coefficient (Wildman–Crippen LogP) is 17.1. The van der Waals surface area contributed by atoms with Gasteiger partial charge in [-0.05, 0) is 25.2 Å². The highest BCUT2D eigenvalue weighted by molar-refractivity contribution is 5.71. The van der Waals surface area contributed by atoms with Crippen LogP contribution in [0.4, 0.5) is 0 Å². The van der Waals surface area contributed by atoms with E-state index in [-0.39, 0.29) is 31.1 Å². The molecule has 0 amide bonds. The molecule has 0 aliphatic heterocycles. The zero-order valence-electron chi connectivity index (χ0n) is 40.2. The minimum Gasteiger partial charge on any atom is -0.462 e. The van der Waals surface area contributed by atoms with E-state index in [9.17, 15) is 14.4 Å². The van der Waals surface area contributed by atoms with Crippen LogP contribution >= 0.6 is 0 Å². The summed E-state index contributed by atoms with van der Waals surface area (Å²) in [6.45, 7) is 9.02. The zero-order valence-corrected chi connectivity index (χ0v) is 40.2. The molecule has 1 atom stereocenters. The third-order valence-corrected chi connectivity index (χ3v) is 12.0. The van der Waals surface area contributed by atoms with Crippen molar-refractivity contribution in [3.63, 3.8) is 0 Å². The maximum absolute atomic E-state index is 12.7. The molecule has 0 saturated carbocycles. The van der Waals surface area contributed by atoms with Gasteiger partial charge in [0.2, 0.25) is 0 Å². The first-order valence-electron chi connectivity index (χ1n) is 26.4. The van der Waals surface area contributed by atoms with Crippen LogP contribution in [0.25, 0.3) is 0 Å². The fourth-order valence-electron chi connectivity index (χ4n) is 8.04. The van der Waals surface area contributed by atoms with E-state index < -0.39 is 6.10 Å². The lowest BCUT2D eigenvalue weighted by Crippen LogP contribution is -2.30. The number of unbranched alkanes of at least 4 members (excludes halogenated alkanes) is 35. The first-order chi connectivity index (χ1) is 28.9. The van der Waals surface area contributed by atoms with Crippen molar-refractivity contribution in [3.8, 4) is 0 Å². The molecule has 0 bridgehead atoms. The molecular weight excluding hydrogens is 733 g/mol. The van der Waals surface area contributed by atoms with Crippen molar-refractivity contribution < 1.29 is 28.6 Å². The maximum atomic E-state index is 12.7. The molecule has 350 valence electrons. The van der Waals surface area contributed by atoms with Crippen LogP contribution in [0.15, 0.2) is 0 Å². The van der Waals surface area contributed by atoms with Gasteiger partial charge in [-0.2, -0.15) is 0 Å². The number of carbonyl (C=O) groups excluding carboxylic acids is 3. The molecule has 0 aromatic carbocycles. The summed E-state index contributed by atoms with van der Waals surface area (Å²) in [7, 11) is 0. The summed E-state index contributed by atoms with van der Waals surface area (Å²) in [5, 5.41) is 0. The monoisotopic (exact) mass is 835 g/mol. The first-order valence-corrected chi connectivity index (χ1v) is 26.4. The number of ether oxygens (including phenoxy) is 3. The van der Waals surface area contributed by atoms with Gasteiger partial charge in [-0.25, -0.2) is 0 Å². The largest absolute Gasteiger partial charge is 0.462 e. The Bertz CT molecular complexity index is 887. The summed E-state index contributed by atoms with van der Waals surface area (Å²) in [5.74, 6) is -0.0180. The van der Waals surface area contributed by atoms with Crippen molar-refractivity contribution in [2.75, 3.05) is 13.2 Å². The molecule has 0 fully saturated rings. The third-order valence-electron chi connectivity index (χ3n) is 12.0. The first kappa shape index (κ1) is 57.4. The molecule has 0 spiro atoms. The lowest BCUT2D eigenvalue weighted by atomic mass is 10.0. The quantitative estimate of drug-likeness (QED) is 0.0345. The molecule has 6 heteroatoms. The van der Waals surface area contributed by atoms with Crippen LogP contribution in [0, 0.1) is 5.92 Å². The molecule has 0 unspecified atom stereocenters. The Morgan fingerprint density at radius 2 is 0.559 bits per heavy atom. The van der Waals surface area contributed by atoms with Crippen LogP contribution < -0.4 is 0 Å².